The average Bonchev–Trinajstić information content (AvgIpc) is 3.19. The number of carbonyl (C=O) groups is 1. The molecule has 12 heteroatoms. The highest BCUT2D eigenvalue weighted by Gasteiger charge is 2.38. The summed E-state index contributed by atoms with van der Waals surface area (Å²) < 4.78 is 95.3. The van der Waals surface area contributed by atoms with E-state index in [1.165, 1.54) is 42.5 Å². The SMILES string of the molecule is O=C(Nc1ccc(-n2c(C(F)(F)F)nc3cc(CO)ccc32)cc1)c1cc(F)c(F)c(F)c1F. The Morgan fingerprint density at radius 2 is 1.62 bits per heavy atom. The molecule has 1 aromatic heterocycles. The smallest absolute Gasteiger partial charge is 0.392 e. The molecule has 1 amide bonds. The van der Waals surface area contributed by atoms with Crippen molar-refractivity contribution in [3.63, 3.8) is 0 Å². The molecule has 4 aromatic rings. The second kappa shape index (κ2) is 8.45. The molecule has 0 unspecified atom stereocenters. The van der Waals surface area contributed by atoms with E-state index in [-0.39, 0.29) is 35.1 Å². The number of aromatic nitrogens is 2. The second-order valence-corrected chi connectivity index (χ2v) is 7.10. The molecule has 3 aromatic carbocycles. The summed E-state index contributed by atoms with van der Waals surface area (Å²) in [7, 11) is 0. The fourth-order valence-corrected chi connectivity index (χ4v) is 3.31. The van der Waals surface area contributed by atoms with Crippen LogP contribution in [0, 0.1) is 23.3 Å². The zero-order chi connectivity index (χ0) is 24.8. The lowest BCUT2D eigenvalue weighted by molar-refractivity contribution is -0.145. The van der Waals surface area contributed by atoms with Crippen LogP contribution in [0.4, 0.5) is 36.4 Å². The summed E-state index contributed by atoms with van der Waals surface area (Å²) in [5.41, 5.74) is -0.675. The molecule has 0 aliphatic rings. The number of nitrogens with zero attached hydrogens (tertiary/aromatic N) is 2. The molecule has 0 bridgehead atoms. The molecule has 0 aliphatic heterocycles. The fraction of sp³-hybridized carbons (Fsp3) is 0.0909. The van der Waals surface area contributed by atoms with Gasteiger partial charge in [-0.1, -0.05) is 6.07 Å². The zero-order valence-corrected chi connectivity index (χ0v) is 16.7. The van der Waals surface area contributed by atoms with Crippen molar-refractivity contribution in [2.24, 2.45) is 0 Å². The highest BCUT2D eigenvalue weighted by molar-refractivity contribution is 6.04. The maximum absolute atomic E-state index is 13.8. The van der Waals surface area contributed by atoms with E-state index in [0.717, 1.165) is 4.57 Å². The Bertz CT molecular complexity index is 1410. The number of aliphatic hydroxyl groups excluding tert-OH is 1. The largest absolute Gasteiger partial charge is 0.450 e. The number of rotatable bonds is 4. The fourth-order valence-electron chi connectivity index (χ4n) is 3.31. The van der Waals surface area contributed by atoms with Crippen molar-refractivity contribution < 1.29 is 40.6 Å². The quantitative estimate of drug-likeness (QED) is 0.234. The predicted octanol–water partition coefficient (Wildman–Crippen LogP) is 5.35. The van der Waals surface area contributed by atoms with Crippen molar-refractivity contribution in [1.82, 2.24) is 9.55 Å². The van der Waals surface area contributed by atoms with Crippen LogP contribution in [0.3, 0.4) is 0 Å². The zero-order valence-electron chi connectivity index (χ0n) is 16.7. The second-order valence-electron chi connectivity index (χ2n) is 7.10. The van der Waals surface area contributed by atoms with Gasteiger partial charge in [-0.05, 0) is 48.0 Å². The van der Waals surface area contributed by atoms with Gasteiger partial charge in [-0.25, -0.2) is 22.5 Å². The van der Waals surface area contributed by atoms with Crippen LogP contribution in [0.5, 0.6) is 0 Å². The lowest BCUT2D eigenvalue weighted by Crippen LogP contribution is -2.16. The Labute approximate surface area is 186 Å². The number of aliphatic hydroxyl groups is 1. The van der Waals surface area contributed by atoms with Gasteiger partial charge in [0.2, 0.25) is 5.82 Å². The van der Waals surface area contributed by atoms with Crippen LogP contribution in [0.25, 0.3) is 16.7 Å². The van der Waals surface area contributed by atoms with Crippen molar-refractivity contribution in [2.45, 2.75) is 12.8 Å². The van der Waals surface area contributed by atoms with E-state index in [0.29, 0.717) is 5.56 Å². The average molecular weight is 483 g/mol. The molecule has 0 fully saturated rings. The lowest BCUT2D eigenvalue weighted by Gasteiger charge is -2.13. The van der Waals surface area contributed by atoms with E-state index in [1.54, 1.807) is 0 Å². The molecule has 0 spiro atoms. The molecule has 0 atom stereocenters. The highest BCUT2D eigenvalue weighted by Crippen LogP contribution is 2.34. The first kappa shape index (κ1) is 23.2. The molecule has 4 rings (SSSR count). The molecule has 0 saturated heterocycles. The van der Waals surface area contributed by atoms with Crippen LogP contribution >= 0.6 is 0 Å². The summed E-state index contributed by atoms with van der Waals surface area (Å²) in [6.45, 7) is -0.388. The number of alkyl halides is 3. The van der Waals surface area contributed by atoms with Gasteiger partial charge in [0.25, 0.3) is 5.91 Å². The number of anilines is 1. The van der Waals surface area contributed by atoms with Gasteiger partial charge in [0.1, 0.15) is 0 Å². The van der Waals surface area contributed by atoms with Crippen molar-refractivity contribution >= 4 is 22.6 Å². The minimum Gasteiger partial charge on any atom is -0.392 e. The van der Waals surface area contributed by atoms with Gasteiger partial charge in [0.05, 0.1) is 23.2 Å². The summed E-state index contributed by atoms with van der Waals surface area (Å²) in [5.74, 6) is -10.4. The molecule has 5 nitrogen and oxygen atoms in total. The van der Waals surface area contributed by atoms with Gasteiger partial charge >= 0.3 is 6.18 Å². The summed E-state index contributed by atoms with van der Waals surface area (Å²) in [6, 6.07) is 9.05. The highest BCUT2D eigenvalue weighted by atomic mass is 19.4. The Morgan fingerprint density at radius 1 is 0.941 bits per heavy atom. The van der Waals surface area contributed by atoms with Crippen molar-refractivity contribution in [1.29, 1.82) is 0 Å². The van der Waals surface area contributed by atoms with Crippen molar-refractivity contribution in [3.8, 4) is 5.69 Å². The first-order valence-corrected chi connectivity index (χ1v) is 9.45. The van der Waals surface area contributed by atoms with Crippen LogP contribution in [-0.4, -0.2) is 20.6 Å². The van der Waals surface area contributed by atoms with Gasteiger partial charge in [0, 0.05) is 11.4 Å². The maximum Gasteiger partial charge on any atom is 0.450 e. The summed E-state index contributed by atoms with van der Waals surface area (Å²) in [6.07, 6.45) is -4.82. The van der Waals surface area contributed by atoms with Gasteiger partial charge in [-0.15, -0.1) is 0 Å². The topological polar surface area (TPSA) is 67.2 Å². The monoisotopic (exact) mass is 483 g/mol. The third kappa shape index (κ3) is 4.07. The number of fused-ring (bicyclic) bond motifs is 1. The van der Waals surface area contributed by atoms with Gasteiger partial charge in [0.15, 0.2) is 23.3 Å². The number of carbonyl (C=O) groups excluding carboxylic acids is 1. The Morgan fingerprint density at radius 3 is 2.24 bits per heavy atom. The number of halogens is 7. The van der Waals surface area contributed by atoms with E-state index < -0.39 is 46.7 Å². The Hall–Kier alpha value is -3.93. The number of imidazole rings is 1. The summed E-state index contributed by atoms with van der Waals surface area (Å²) >= 11 is 0. The number of benzene rings is 3. The minimum absolute atomic E-state index is 0.00732. The molecule has 1 heterocycles. The molecular weight excluding hydrogens is 471 g/mol. The van der Waals surface area contributed by atoms with Gasteiger partial charge < -0.3 is 10.4 Å². The summed E-state index contributed by atoms with van der Waals surface area (Å²) in [4.78, 5) is 15.8. The first-order chi connectivity index (χ1) is 16.0. The van der Waals surface area contributed by atoms with Gasteiger partial charge in [-0.3, -0.25) is 9.36 Å². The molecule has 0 radical (unpaired) electrons. The van der Waals surface area contributed by atoms with Crippen molar-refractivity contribution in [2.75, 3.05) is 5.32 Å². The molecule has 176 valence electrons. The van der Waals surface area contributed by atoms with E-state index in [1.807, 2.05) is 0 Å². The molecule has 0 saturated carbocycles. The van der Waals surface area contributed by atoms with E-state index >= 15 is 0 Å². The van der Waals surface area contributed by atoms with Crippen LogP contribution in [0.2, 0.25) is 0 Å². The number of hydrogen-bond donors (Lipinski definition) is 2. The first-order valence-electron chi connectivity index (χ1n) is 9.45. The number of hydrogen-bond acceptors (Lipinski definition) is 3. The van der Waals surface area contributed by atoms with Crippen molar-refractivity contribution in [3.05, 3.63) is 88.8 Å². The Kier molecular flexibility index (Phi) is 5.77. The third-order valence-electron chi connectivity index (χ3n) is 4.89. The standard InChI is InChI=1S/C22H12F7N3O2/c23-14-8-13(17(24)19(26)18(14)25)20(34)30-11-2-4-12(5-3-11)32-16-6-1-10(9-33)7-15(16)31-21(32)22(27,28)29/h1-8,33H,9H2,(H,30,34). The van der Waals surface area contributed by atoms with Gasteiger partial charge in [-0.2, -0.15) is 13.2 Å². The van der Waals surface area contributed by atoms with Crippen LogP contribution in [0.15, 0.2) is 48.5 Å². The maximum atomic E-state index is 13.8. The Balaban J connectivity index is 1.69. The van der Waals surface area contributed by atoms with Crippen LogP contribution < -0.4 is 5.32 Å². The lowest BCUT2D eigenvalue weighted by atomic mass is 10.1. The number of amides is 1. The third-order valence-corrected chi connectivity index (χ3v) is 4.89. The number of nitrogens with one attached hydrogen (secondary N) is 1. The molecular formula is C22H12F7N3O2. The van der Waals surface area contributed by atoms with E-state index in [2.05, 4.69) is 10.3 Å². The molecule has 34 heavy (non-hydrogen) atoms. The normalized spacial score (nSPS) is 11.8. The predicted molar refractivity (Wildman–Crippen MR) is 106 cm³/mol. The van der Waals surface area contributed by atoms with Crippen LogP contribution in [-0.2, 0) is 12.8 Å². The molecule has 0 aliphatic carbocycles. The minimum atomic E-state index is -4.82. The van der Waals surface area contributed by atoms with E-state index in [4.69, 9.17) is 0 Å². The van der Waals surface area contributed by atoms with E-state index in [9.17, 15) is 40.6 Å². The summed E-state index contributed by atoms with van der Waals surface area (Å²) in [5, 5.41) is 11.4. The van der Waals surface area contributed by atoms with Crippen LogP contribution in [0.1, 0.15) is 21.7 Å². The molecule has 2 N–H and O–H groups in total.